The summed E-state index contributed by atoms with van der Waals surface area (Å²) in [4.78, 5) is 7.34. The minimum Gasteiger partial charge on any atom is -0.340 e. The molecule has 266 valence electrons. The maximum absolute atomic E-state index is 5.24. The van der Waals surface area contributed by atoms with Gasteiger partial charge in [-0.25, -0.2) is 0 Å². The fourth-order valence-electron chi connectivity index (χ4n) is 7.56. The molecule has 1 unspecified atom stereocenters. The van der Waals surface area contributed by atoms with Crippen LogP contribution < -0.4 is 4.90 Å². The summed E-state index contributed by atoms with van der Waals surface area (Å²) >= 11 is 1.92. The molecule has 0 N–H and O–H groups in total. The molecule has 1 aliphatic heterocycles. The highest BCUT2D eigenvalue weighted by molar-refractivity contribution is 7.99. The fraction of sp³-hybridized carbons (Fsp3) is 0.591. The Morgan fingerprint density at radius 1 is 0.592 bits per heavy atom. The second-order valence-electron chi connectivity index (χ2n) is 14.8. The number of rotatable bonds is 22. The molecule has 4 aromatic rings. The number of nitrogens with zero attached hydrogens (tertiary/aromatic N) is 4. The van der Waals surface area contributed by atoms with Crippen molar-refractivity contribution in [2.45, 2.75) is 167 Å². The molecule has 1 aliphatic rings. The van der Waals surface area contributed by atoms with Gasteiger partial charge in [-0.05, 0) is 80.0 Å². The second kappa shape index (κ2) is 19.6. The Morgan fingerprint density at radius 2 is 1.16 bits per heavy atom. The maximum atomic E-state index is 5.24. The molecule has 0 bridgehead atoms. The van der Waals surface area contributed by atoms with Crippen LogP contribution in [0.5, 0.6) is 0 Å². The number of aryl methyl sites for hydroxylation is 2. The fourth-order valence-corrected chi connectivity index (χ4v) is 8.79. The van der Waals surface area contributed by atoms with Gasteiger partial charge in [-0.2, -0.15) is 15.0 Å². The molecule has 5 rings (SSSR count). The Labute approximate surface area is 302 Å². The first-order chi connectivity index (χ1) is 24.0. The lowest BCUT2D eigenvalue weighted by atomic mass is 9.94. The van der Waals surface area contributed by atoms with E-state index in [0.717, 1.165) is 24.1 Å². The van der Waals surface area contributed by atoms with E-state index in [1.54, 1.807) is 0 Å². The van der Waals surface area contributed by atoms with E-state index in [9.17, 15) is 0 Å². The highest BCUT2D eigenvalue weighted by Crippen LogP contribution is 2.50. The monoisotopic (exact) mass is 680 g/mol. The standard InChI is InChI=1S/C44H64N4S/c1-6-9-12-15-17-20-23-36(22-19-14-11-8-3)33-48-45-43-35(5)25-27-38(44(43)46-48)37-26-29-40-42(32-37)49-41-31-34(4)24-28-39(41)47(40)30-21-18-16-13-10-7-2/h24-29,31-32,36H,6-23,30,33H2,1-5H3. The van der Waals surface area contributed by atoms with Gasteiger partial charge in [0.15, 0.2) is 0 Å². The van der Waals surface area contributed by atoms with Gasteiger partial charge in [0.25, 0.3) is 0 Å². The predicted octanol–water partition coefficient (Wildman–Crippen LogP) is 14.0. The summed E-state index contributed by atoms with van der Waals surface area (Å²) in [6, 6.07) is 18.6. The van der Waals surface area contributed by atoms with E-state index in [0.29, 0.717) is 5.92 Å². The minimum absolute atomic E-state index is 0.648. The number of hydrogen-bond acceptors (Lipinski definition) is 4. The first-order valence-corrected chi connectivity index (χ1v) is 20.9. The van der Waals surface area contributed by atoms with E-state index in [1.807, 2.05) is 11.8 Å². The van der Waals surface area contributed by atoms with E-state index in [1.165, 1.54) is 159 Å². The lowest BCUT2D eigenvalue weighted by Gasteiger charge is -2.33. The average molecular weight is 681 g/mol. The molecular weight excluding hydrogens is 617 g/mol. The van der Waals surface area contributed by atoms with Crippen LogP contribution in [-0.2, 0) is 6.54 Å². The van der Waals surface area contributed by atoms with Crippen molar-refractivity contribution >= 4 is 34.2 Å². The third-order valence-corrected chi connectivity index (χ3v) is 11.7. The third kappa shape index (κ3) is 10.4. The second-order valence-corrected chi connectivity index (χ2v) is 15.9. The summed E-state index contributed by atoms with van der Waals surface area (Å²) in [5.41, 5.74) is 9.76. The van der Waals surface area contributed by atoms with Crippen molar-refractivity contribution in [3.8, 4) is 11.1 Å². The Bertz CT molecular complexity index is 1590. The molecule has 49 heavy (non-hydrogen) atoms. The van der Waals surface area contributed by atoms with Gasteiger partial charge in [-0.15, -0.1) is 0 Å². The Balaban J connectivity index is 1.36. The van der Waals surface area contributed by atoms with Gasteiger partial charge in [0, 0.05) is 21.9 Å². The third-order valence-electron chi connectivity index (χ3n) is 10.6. The maximum Gasteiger partial charge on any atom is 0.121 e. The largest absolute Gasteiger partial charge is 0.340 e. The normalized spacial score (nSPS) is 13.2. The molecule has 2 heterocycles. The molecule has 0 saturated heterocycles. The van der Waals surface area contributed by atoms with Gasteiger partial charge in [-0.1, -0.05) is 153 Å². The zero-order chi connectivity index (χ0) is 34.4. The molecule has 1 atom stereocenters. The molecule has 4 nitrogen and oxygen atoms in total. The summed E-state index contributed by atoms with van der Waals surface area (Å²) in [6.07, 6.45) is 23.9. The van der Waals surface area contributed by atoms with E-state index >= 15 is 0 Å². The van der Waals surface area contributed by atoms with Crippen molar-refractivity contribution in [1.82, 2.24) is 15.0 Å². The van der Waals surface area contributed by atoms with E-state index < -0.39 is 0 Å². The molecule has 0 radical (unpaired) electrons. The minimum atomic E-state index is 0.648. The highest BCUT2D eigenvalue weighted by Gasteiger charge is 2.25. The Morgan fingerprint density at radius 3 is 1.86 bits per heavy atom. The number of aromatic nitrogens is 3. The molecule has 0 amide bonds. The lowest BCUT2D eigenvalue weighted by molar-refractivity contribution is 0.327. The topological polar surface area (TPSA) is 34.0 Å². The van der Waals surface area contributed by atoms with Crippen LogP contribution in [0, 0.1) is 19.8 Å². The smallest absolute Gasteiger partial charge is 0.121 e. The van der Waals surface area contributed by atoms with Gasteiger partial charge >= 0.3 is 0 Å². The first kappa shape index (κ1) is 37.5. The number of hydrogen-bond donors (Lipinski definition) is 0. The molecule has 1 aromatic heterocycles. The van der Waals surface area contributed by atoms with Crippen molar-refractivity contribution in [3.05, 3.63) is 59.7 Å². The molecule has 0 aliphatic carbocycles. The zero-order valence-electron chi connectivity index (χ0n) is 31.5. The van der Waals surface area contributed by atoms with Crippen LogP contribution in [0.25, 0.3) is 22.2 Å². The first-order valence-electron chi connectivity index (χ1n) is 20.1. The highest BCUT2D eigenvalue weighted by atomic mass is 32.2. The van der Waals surface area contributed by atoms with Gasteiger partial charge in [0.1, 0.15) is 11.0 Å². The van der Waals surface area contributed by atoms with Crippen LogP contribution in [0.2, 0.25) is 0 Å². The molecule has 0 fully saturated rings. The van der Waals surface area contributed by atoms with Crippen LogP contribution in [0.4, 0.5) is 11.4 Å². The number of anilines is 2. The summed E-state index contributed by atoms with van der Waals surface area (Å²) in [5, 5.41) is 10.4. The van der Waals surface area contributed by atoms with Gasteiger partial charge in [0.05, 0.1) is 17.9 Å². The molecule has 0 spiro atoms. The lowest BCUT2D eigenvalue weighted by Crippen LogP contribution is -2.22. The van der Waals surface area contributed by atoms with Gasteiger partial charge in [0.2, 0.25) is 0 Å². The molecule has 5 heteroatoms. The number of unbranched alkanes of at least 4 members (excludes halogenated alkanes) is 13. The van der Waals surface area contributed by atoms with Crippen LogP contribution >= 0.6 is 11.8 Å². The van der Waals surface area contributed by atoms with Gasteiger partial charge in [-0.3, -0.25) is 0 Å². The molecule has 3 aromatic carbocycles. The Kier molecular flexibility index (Phi) is 15.0. The van der Waals surface area contributed by atoms with Crippen molar-refractivity contribution in [2.24, 2.45) is 5.92 Å². The number of benzene rings is 3. The van der Waals surface area contributed by atoms with E-state index in [4.69, 9.17) is 10.2 Å². The SMILES string of the molecule is CCCCCCCCC(CCCCCC)Cn1nc2c(C)ccc(-c3ccc4c(c3)Sc3cc(C)ccc3N4CCCCCCCC)c2n1. The summed E-state index contributed by atoms with van der Waals surface area (Å²) in [7, 11) is 0. The molecular formula is C44H64N4S. The number of fused-ring (bicyclic) bond motifs is 3. The van der Waals surface area contributed by atoms with E-state index in [2.05, 4.69) is 92.8 Å². The quantitative estimate of drug-likeness (QED) is 0.0774. The van der Waals surface area contributed by atoms with E-state index in [-0.39, 0.29) is 0 Å². The van der Waals surface area contributed by atoms with Crippen molar-refractivity contribution in [1.29, 1.82) is 0 Å². The van der Waals surface area contributed by atoms with Crippen LogP contribution in [-0.4, -0.2) is 21.5 Å². The summed E-state index contributed by atoms with van der Waals surface area (Å²) in [5.74, 6) is 0.648. The zero-order valence-corrected chi connectivity index (χ0v) is 32.4. The molecule has 0 saturated carbocycles. The predicted molar refractivity (Wildman–Crippen MR) is 214 cm³/mol. The van der Waals surface area contributed by atoms with Gasteiger partial charge < -0.3 is 4.90 Å². The van der Waals surface area contributed by atoms with Crippen molar-refractivity contribution in [2.75, 3.05) is 11.4 Å². The average Bonchev–Trinajstić information content (AvgIpc) is 3.53. The Hall–Kier alpha value is -2.79. The van der Waals surface area contributed by atoms with Crippen LogP contribution in [0.15, 0.2) is 58.3 Å². The van der Waals surface area contributed by atoms with Crippen LogP contribution in [0.3, 0.4) is 0 Å². The van der Waals surface area contributed by atoms with Crippen LogP contribution in [0.1, 0.15) is 147 Å². The summed E-state index contributed by atoms with van der Waals surface area (Å²) < 4.78 is 0. The van der Waals surface area contributed by atoms with Crippen molar-refractivity contribution in [3.63, 3.8) is 0 Å². The summed E-state index contributed by atoms with van der Waals surface area (Å²) in [6.45, 7) is 13.3. The van der Waals surface area contributed by atoms with Crippen molar-refractivity contribution < 1.29 is 0 Å².